The van der Waals surface area contributed by atoms with E-state index >= 15 is 0 Å². The summed E-state index contributed by atoms with van der Waals surface area (Å²) >= 11 is 0. The molecule has 2 N–H and O–H groups in total. The van der Waals surface area contributed by atoms with Crippen molar-refractivity contribution in [1.29, 1.82) is 0 Å². The Labute approximate surface area is 185 Å². The molecule has 2 atom stereocenters. The predicted molar refractivity (Wildman–Crippen MR) is 122 cm³/mol. The first-order chi connectivity index (χ1) is 14.8. The normalized spacial score (nSPS) is 21.9. The lowest BCUT2D eigenvalue weighted by molar-refractivity contribution is -0.137. The number of carbonyl (C=O) groups is 1. The second-order valence-electron chi connectivity index (χ2n) is 9.27. The van der Waals surface area contributed by atoms with Crippen LogP contribution < -0.4 is 10.6 Å². The molecule has 0 aromatic heterocycles. The maximum atomic E-state index is 11.8. The van der Waals surface area contributed by atoms with Crippen LogP contribution in [0.3, 0.4) is 0 Å². The summed E-state index contributed by atoms with van der Waals surface area (Å²) in [5.74, 6) is 0. The van der Waals surface area contributed by atoms with Gasteiger partial charge in [-0.15, -0.1) is 0 Å². The first-order valence-corrected chi connectivity index (χ1v) is 11.1. The zero-order valence-electron chi connectivity index (χ0n) is 18.9. The monoisotopic (exact) mass is 429 g/mol. The van der Waals surface area contributed by atoms with Crippen molar-refractivity contribution in [2.45, 2.75) is 45.0 Å². The Morgan fingerprint density at radius 1 is 1.10 bits per heavy atom. The van der Waals surface area contributed by atoms with E-state index in [2.05, 4.69) is 25.3 Å². The largest absolute Gasteiger partial charge is 0.444 e. The van der Waals surface area contributed by atoms with Gasteiger partial charge in [-0.3, -0.25) is 9.80 Å². The van der Waals surface area contributed by atoms with Crippen LogP contribution in [0.25, 0.3) is 4.85 Å². The summed E-state index contributed by atoms with van der Waals surface area (Å²) in [7, 11) is 0. The number of fused-ring (bicyclic) bond motifs is 2. The molecule has 8 nitrogen and oxygen atoms in total. The molecule has 2 bridgehead atoms. The van der Waals surface area contributed by atoms with Gasteiger partial charge >= 0.3 is 6.09 Å². The molecule has 31 heavy (non-hydrogen) atoms. The molecule has 2 saturated heterocycles. The van der Waals surface area contributed by atoms with Gasteiger partial charge < -0.3 is 20.1 Å². The number of hydrogen-bond acceptors (Lipinski definition) is 6. The number of ether oxygens (including phenoxy) is 2. The lowest BCUT2D eigenvalue weighted by atomic mass is 10.1. The van der Waals surface area contributed by atoms with Crippen molar-refractivity contribution < 1.29 is 14.3 Å². The van der Waals surface area contributed by atoms with Crippen molar-refractivity contribution in [3.8, 4) is 0 Å². The van der Waals surface area contributed by atoms with E-state index in [1.54, 1.807) is 0 Å². The summed E-state index contributed by atoms with van der Waals surface area (Å²) in [6.07, 6.45) is 1.16. The fourth-order valence-corrected chi connectivity index (χ4v) is 4.05. The van der Waals surface area contributed by atoms with Gasteiger partial charge in [-0.25, -0.2) is 9.64 Å². The van der Waals surface area contributed by atoms with Gasteiger partial charge in [-0.2, -0.15) is 0 Å². The van der Waals surface area contributed by atoms with E-state index in [-0.39, 0.29) is 18.3 Å². The number of amides is 1. The third kappa shape index (κ3) is 8.02. The van der Waals surface area contributed by atoms with E-state index < -0.39 is 5.60 Å². The van der Waals surface area contributed by atoms with Crippen molar-refractivity contribution in [1.82, 2.24) is 15.1 Å². The molecule has 0 spiro atoms. The van der Waals surface area contributed by atoms with Crippen LogP contribution in [-0.4, -0.2) is 86.1 Å². The van der Waals surface area contributed by atoms with E-state index in [0.29, 0.717) is 12.2 Å². The zero-order chi connectivity index (χ0) is 22.3. The molecule has 170 valence electrons. The number of morpholine rings is 2. The molecule has 0 radical (unpaired) electrons. The first kappa shape index (κ1) is 23.3. The minimum absolute atomic E-state index is 0.225. The molecular formula is C23H35N5O3. The lowest BCUT2D eigenvalue weighted by Crippen LogP contribution is -2.60. The van der Waals surface area contributed by atoms with E-state index in [1.165, 1.54) is 0 Å². The average molecular weight is 430 g/mol. The van der Waals surface area contributed by atoms with E-state index in [1.807, 2.05) is 45.0 Å². The number of carbonyl (C=O) groups excluding carboxylic acids is 1. The number of rotatable bonds is 8. The van der Waals surface area contributed by atoms with E-state index in [4.69, 9.17) is 16.0 Å². The Balaban J connectivity index is 1.31. The van der Waals surface area contributed by atoms with Crippen LogP contribution >= 0.6 is 0 Å². The molecule has 2 heterocycles. The van der Waals surface area contributed by atoms with Crippen molar-refractivity contribution in [2.75, 3.05) is 57.7 Å². The number of benzene rings is 1. The SMILES string of the molecule is [C-]#[N+]c1ccc(NCCCN2CC3CN(CCNC(=O)OC(C)(C)C)CC(C2)O3)cc1. The van der Waals surface area contributed by atoms with Crippen LogP contribution in [0.2, 0.25) is 0 Å². The summed E-state index contributed by atoms with van der Waals surface area (Å²) in [6, 6.07) is 7.60. The summed E-state index contributed by atoms with van der Waals surface area (Å²) in [5.41, 5.74) is 1.25. The topological polar surface area (TPSA) is 70.4 Å². The number of nitrogens with zero attached hydrogens (tertiary/aromatic N) is 3. The highest BCUT2D eigenvalue weighted by Crippen LogP contribution is 2.19. The van der Waals surface area contributed by atoms with Crippen LogP contribution in [0.1, 0.15) is 27.2 Å². The molecule has 1 aromatic carbocycles. The zero-order valence-corrected chi connectivity index (χ0v) is 18.9. The molecule has 2 aliphatic rings. The van der Waals surface area contributed by atoms with Gasteiger partial charge in [0, 0.05) is 58.0 Å². The van der Waals surface area contributed by atoms with Crippen LogP contribution in [0, 0.1) is 6.57 Å². The quantitative estimate of drug-likeness (QED) is 0.489. The van der Waals surface area contributed by atoms with Crippen molar-refractivity contribution in [3.05, 3.63) is 35.7 Å². The summed E-state index contributed by atoms with van der Waals surface area (Å²) < 4.78 is 11.4. The molecule has 0 saturated carbocycles. The average Bonchev–Trinajstić information content (AvgIpc) is 2.70. The molecule has 3 rings (SSSR count). The van der Waals surface area contributed by atoms with Gasteiger partial charge in [0.1, 0.15) is 5.60 Å². The van der Waals surface area contributed by atoms with Crippen molar-refractivity contribution in [2.24, 2.45) is 0 Å². The Morgan fingerprint density at radius 3 is 2.29 bits per heavy atom. The fourth-order valence-electron chi connectivity index (χ4n) is 4.05. The molecule has 2 aliphatic heterocycles. The molecule has 2 unspecified atom stereocenters. The highest BCUT2D eigenvalue weighted by Gasteiger charge is 2.34. The van der Waals surface area contributed by atoms with Gasteiger partial charge in [0.2, 0.25) is 0 Å². The molecule has 2 fully saturated rings. The lowest BCUT2D eigenvalue weighted by Gasteiger charge is -2.46. The Hall–Kier alpha value is -2.34. The molecular weight excluding hydrogens is 394 g/mol. The molecule has 0 aliphatic carbocycles. The highest BCUT2D eigenvalue weighted by molar-refractivity contribution is 5.67. The molecule has 1 amide bonds. The Kier molecular flexibility index (Phi) is 8.13. The minimum Gasteiger partial charge on any atom is -0.444 e. The minimum atomic E-state index is -0.470. The fraction of sp³-hybridized carbons (Fsp3) is 0.652. The second kappa shape index (κ2) is 10.8. The number of anilines is 1. The van der Waals surface area contributed by atoms with Gasteiger partial charge in [0.05, 0.1) is 18.8 Å². The third-order valence-electron chi connectivity index (χ3n) is 5.31. The van der Waals surface area contributed by atoms with Gasteiger partial charge in [0.15, 0.2) is 5.69 Å². The maximum absolute atomic E-state index is 11.8. The number of alkyl carbamates (subject to hydrolysis) is 1. The highest BCUT2D eigenvalue weighted by atomic mass is 16.6. The standard InChI is InChI=1S/C23H35N5O3/c1-23(2,3)31-22(29)26-11-13-28-16-20-14-27(15-21(17-28)30-20)12-5-10-25-19-8-6-18(24-4)7-9-19/h6-9,20-21,25H,5,10-17H2,1-3H3,(H,26,29). The predicted octanol–water partition coefficient (Wildman–Crippen LogP) is 2.95. The van der Waals surface area contributed by atoms with Crippen molar-refractivity contribution >= 4 is 17.5 Å². The van der Waals surface area contributed by atoms with Gasteiger partial charge in [-0.1, -0.05) is 12.1 Å². The van der Waals surface area contributed by atoms with Gasteiger partial charge in [0.25, 0.3) is 0 Å². The smallest absolute Gasteiger partial charge is 0.407 e. The van der Waals surface area contributed by atoms with Crippen LogP contribution in [0.5, 0.6) is 0 Å². The molecule has 8 heteroatoms. The van der Waals surface area contributed by atoms with Crippen LogP contribution in [-0.2, 0) is 9.47 Å². The summed E-state index contributed by atoms with van der Waals surface area (Å²) in [5, 5.41) is 6.27. The maximum Gasteiger partial charge on any atom is 0.407 e. The van der Waals surface area contributed by atoms with Crippen LogP contribution in [0.15, 0.2) is 24.3 Å². The van der Waals surface area contributed by atoms with E-state index in [9.17, 15) is 4.79 Å². The number of hydrogen-bond donors (Lipinski definition) is 2. The Bertz CT molecular complexity index is 742. The van der Waals surface area contributed by atoms with Gasteiger partial charge in [-0.05, 0) is 39.3 Å². The van der Waals surface area contributed by atoms with Crippen LogP contribution in [0.4, 0.5) is 16.2 Å². The molecule has 1 aromatic rings. The Morgan fingerprint density at radius 2 is 1.71 bits per heavy atom. The number of nitrogens with one attached hydrogen (secondary N) is 2. The van der Waals surface area contributed by atoms with Crippen molar-refractivity contribution in [3.63, 3.8) is 0 Å². The first-order valence-electron chi connectivity index (χ1n) is 11.1. The van der Waals surface area contributed by atoms with E-state index in [0.717, 1.165) is 57.9 Å². The second-order valence-corrected chi connectivity index (χ2v) is 9.27. The summed E-state index contributed by atoms with van der Waals surface area (Å²) in [4.78, 5) is 20.1. The third-order valence-corrected chi connectivity index (χ3v) is 5.31. The summed E-state index contributed by atoms with van der Waals surface area (Å²) in [6.45, 7) is 19.6.